The second-order valence-corrected chi connectivity index (χ2v) is 5.24. The van der Waals surface area contributed by atoms with Crippen molar-refractivity contribution in [3.63, 3.8) is 0 Å². The maximum atomic E-state index is 13.9. The van der Waals surface area contributed by atoms with Crippen LogP contribution in [0.5, 0.6) is 0 Å². The van der Waals surface area contributed by atoms with E-state index in [0.717, 1.165) is 6.54 Å². The van der Waals surface area contributed by atoms with Crippen LogP contribution in [-0.4, -0.2) is 46.7 Å². The fraction of sp³-hybridized carbons (Fsp3) is 0.333. The van der Waals surface area contributed by atoms with Gasteiger partial charge in [-0.25, -0.2) is 4.39 Å². The molecule has 0 aliphatic carbocycles. The van der Waals surface area contributed by atoms with Crippen LogP contribution >= 0.6 is 0 Å². The number of rotatable bonds is 2. The molecule has 0 bridgehead atoms. The van der Waals surface area contributed by atoms with Gasteiger partial charge in [-0.1, -0.05) is 12.1 Å². The van der Waals surface area contributed by atoms with Crippen molar-refractivity contribution in [2.45, 2.75) is 13.0 Å². The lowest BCUT2D eigenvalue weighted by molar-refractivity contribution is 0.0710. The first-order valence-electron chi connectivity index (χ1n) is 6.97. The molecule has 2 heterocycles. The van der Waals surface area contributed by atoms with Crippen molar-refractivity contribution >= 4 is 5.91 Å². The lowest BCUT2D eigenvalue weighted by Gasteiger charge is -2.31. The summed E-state index contributed by atoms with van der Waals surface area (Å²) in [6, 6.07) is 6.62. The Kier molecular flexibility index (Phi) is 3.70. The van der Waals surface area contributed by atoms with Crippen LogP contribution in [-0.2, 0) is 0 Å². The van der Waals surface area contributed by atoms with Gasteiger partial charge in [0.05, 0.1) is 17.5 Å². The summed E-state index contributed by atoms with van der Waals surface area (Å²) in [5, 5.41) is 9.95. The van der Waals surface area contributed by atoms with E-state index in [2.05, 4.69) is 15.5 Å². The minimum Gasteiger partial charge on any atom is -0.336 e. The molecule has 110 valence electrons. The van der Waals surface area contributed by atoms with Crippen LogP contribution in [0.15, 0.2) is 30.5 Å². The monoisotopic (exact) mass is 288 g/mol. The third-order valence-corrected chi connectivity index (χ3v) is 3.67. The van der Waals surface area contributed by atoms with Crippen molar-refractivity contribution in [1.29, 1.82) is 0 Å². The van der Waals surface area contributed by atoms with Gasteiger partial charge in [0, 0.05) is 31.2 Å². The van der Waals surface area contributed by atoms with Crippen LogP contribution in [0.2, 0.25) is 0 Å². The van der Waals surface area contributed by atoms with Gasteiger partial charge >= 0.3 is 0 Å². The number of nitrogens with one attached hydrogen (secondary N) is 2. The molecular formula is C15H17FN4O. The minimum atomic E-state index is -0.371. The van der Waals surface area contributed by atoms with E-state index >= 15 is 0 Å². The van der Waals surface area contributed by atoms with E-state index < -0.39 is 0 Å². The average Bonchev–Trinajstić information content (AvgIpc) is 2.96. The molecule has 1 amide bonds. The number of benzene rings is 1. The van der Waals surface area contributed by atoms with Crippen molar-refractivity contribution in [2.75, 3.05) is 19.6 Å². The van der Waals surface area contributed by atoms with Gasteiger partial charge in [0.2, 0.25) is 0 Å². The van der Waals surface area contributed by atoms with Gasteiger partial charge in [-0.3, -0.25) is 9.89 Å². The SMILES string of the molecule is CC1CN(C(=O)c2cn[nH]c2-c2ccccc2F)CCN1. The molecule has 1 fully saturated rings. The smallest absolute Gasteiger partial charge is 0.257 e. The zero-order valence-corrected chi connectivity index (χ0v) is 11.8. The summed E-state index contributed by atoms with van der Waals surface area (Å²) in [4.78, 5) is 14.4. The largest absolute Gasteiger partial charge is 0.336 e. The normalized spacial score (nSPS) is 18.8. The van der Waals surface area contributed by atoms with E-state index in [9.17, 15) is 9.18 Å². The van der Waals surface area contributed by atoms with Crippen molar-refractivity contribution in [1.82, 2.24) is 20.4 Å². The lowest BCUT2D eigenvalue weighted by Crippen LogP contribution is -2.51. The van der Waals surface area contributed by atoms with E-state index in [1.807, 2.05) is 6.92 Å². The number of carbonyl (C=O) groups excluding carboxylic acids is 1. The maximum Gasteiger partial charge on any atom is 0.257 e. The molecule has 1 aromatic carbocycles. The number of hydrogen-bond donors (Lipinski definition) is 2. The van der Waals surface area contributed by atoms with Gasteiger partial charge < -0.3 is 10.2 Å². The number of hydrogen-bond acceptors (Lipinski definition) is 3. The summed E-state index contributed by atoms with van der Waals surface area (Å²) >= 11 is 0. The fourth-order valence-electron chi connectivity index (χ4n) is 2.60. The highest BCUT2D eigenvalue weighted by Gasteiger charge is 2.25. The molecule has 5 nitrogen and oxygen atoms in total. The number of aromatic amines is 1. The number of piperazine rings is 1. The Morgan fingerprint density at radius 1 is 1.43 bits per heavy atom. The predicted molar refractivity (Wildman–Crippen MR) is 77.3 cm³/mol. The predicted octanol–water partition coefficient (Wildman–Crippen LogP) is 1.65. The van der Waals surface area contributed by atoms with Crippen LogP contribution in [0.1, 0.15) is 17.3 Å². The first-order chi connectivity index (χ1) is 10.2. The second kappa shape index (κ2) is 5.65. The summed E-state index contributed by atoms with van der Waals surface area (Å²) in [7, 11) is 0. The molecule has 2 N–H and O–H groups in total. The Morgan fingerprint density at radius 2 is 2.24 bits per heavy atom. The number of nitrogens with zero attached hydrogens (tertiary/aromatic N) is 2. The highest BCUT2D eigenvalue weighted by molar-refractivity contribution is 5.99. The maximum absolute atomic E-state index is 13.9. The Balaban J connectivity index is 1.92. The highest BCUT2D eigenvalue weighted by Crippen LogP contribution is 2.25. The molecular weight excluding hydrogens is 271 g/mol. The molecule has 0 saturated carbocycles. The molecule has 0 spiro atoms. The summed E-state index contributed by atoms with van der Waals surface area (Å²) in [5.74, 6) is -0.486. The Morgan fingerprint density at radius 3 is 3.00 bits per heavy atom. The van der Waals surface area contributed by atoms with E-state index in [-0.39, 0.29) is 17.8 Å². The number of H-pyrrole nitrogens is 1. The Hall–Kier alpha value is -2.21. The molecule has 1 saturated heterocycles. The zero-order chi connectivity index (χ0) is 14.8. The molecule has 6 heteroatoms. The number of carbonyl (C=O) groups is 1. The van der Waals surface area contributed by atoms with Crippen LogP contribution in [0.4, 0.5) is 4.39 Å². The van der Waals surface area contributed by atoms with Crippen molar-refractivity contribution in [3.8, 4) is 11.3 Å². The van der Waals surface area contributed by atoms with E-state index in [1.54, 1.807) is 23.1 Å². The molecule has 1 aliphatic heterocycles. The standard InChI is InChI=1S/C15H17FN4O/c1-10-9-20(7-6-17-10)15(21)12-8-18-19-14(12)11-4-2-3-5-13(11)16/h2-5,8,10,17H,6-7,9H2,1H3,(H,18,19). The Labute approximate surface area is 122 Å². The lowest BCUT2D eigenvalue weighted by atomic mass is 10.1. The van der Waals surface area contributed by atoms with Crippen LogP contribution < -0.4 is 5.32 Å². The molecule has 1 unspecified atom stereocenters. The number of halogens is 1. The van der Waals surface area contributed by atoms with Crippen LogP contribution in [0.25, 0.3) is 11.3 Å². The highest BCUT2D eigenvalue weighted by atomic mass is 19.1. The molecule has 2 aromatic rings. The van der Waals surface area contributed by atoms with Crippen molar-refractivity contribution < 1.29 is 9.18 Å². The van der Waals surface area contributed by atoms with Gasteiger partial charge in [-0.15, -0.1) is 0 Å². The second-order valence-electron chi connectivity index (χ2n) is 5.24. The van der Waals surface area contributed by atoms with Gasteiger partial charge in [0.15, 0.2) is 0 Å². The summed E-state index contributed by atoms with van der Waals surface area (Å²) in [5.41, 5.74) is 1.21. The van der Waals surface area contributed by atoms with E-state index in [0.29, 0.717) is 29.9 Å². The molecule has 1 aromatic heterocycles. The summed E-state index contributed by atoms with van der Waals surface area (Å²) in [6.45, 7) is 4.08. The van der Waals surface area contributed by atoms with Gasteiger partial charge in [0.25, 0.3) is 5.91 Å². The fourth-order valence-corrected chi connectivity index (χ4v) is 2.60. The molecule has 0 radical (unpaired) electrons. The first-order valence-corrected chi connectivity index (χ1v) is 6.97. The third kappa shape index (κ3) is 2.67. The molecule has 21 heavy (non-hydrogen) atoms. The number of amides is 1. The zero-order valence-electron chi connectivity index (χ0n) is 11.8. The van der Waals surface area contributed by atoms with E-state index in [1.165, 1.54) is 12.3 Å². The van der Waals surface area contributed by atoms with Crippen molar-refractivity contribution in [2.24, 2.45) is 0 Å². The van der Waals surface area contributed by atoms with Gasteiger partial charge in [0.1, 0.15) is 5.82 Å². The molecule has 3 rings (SSSR count). The van der Waals surface area contributed by atoms with Gasteiger partial charge in [-0.05, 0) is 19.1 Å². The molecule has 1 atom stereocenters. The van der Waals surface area contributed by atoms with Crippen LogP contribution in [0, 0.1) is 5.82 Å². The quantitative estimate of drug-likeness (QED) is 0.883. The van der Waals surface area contributed by atoms with Gasteiger partial charge in [-0.2, -0.15) is 5.10 Å². The van der Waals surface area contributed by atoms with E-state index in [4.69, 9.17) is 0 Å². The first kappa shape index (κ1) is 13.8. The topological polar surface area (TPSA) is 61.0 Å². The Bertz CT molecular complexity index is 655. The average molecular weight is 288 g/mol. The van der Waals surface area contributed by atoms with Crippen molar-refractivity contribution in [3.05, 3.63) is 41.8 Å². The third-order valence-electron chi connectivity index (χ3n) is 3.67. The number of aromatic nitrogens is 2. The summed E-state index contributed by atoms with van der Waals surface area (Å²) in [6.07, 6.45) is 1.47. The molecule has 1 aliphatic rings. The van der Waals surface area contributed by atoms with Crippen LogP contribution in [0.3, 0.4) is 0 Å². The minimum absolute atomic E-state index is 0.115. The summed E-state index contributed by atoms with van der Waals surface area (Å²) < 4.78 is 13.9.